The molecule has 1 aromatic rings. The molecule has 5 heteroatoms. The van der Waals surface area contributed by atoms with Crippen LogP contribution in [0.4, 0.5) is 0 Å². The van der Waals surface area contributed by atoms with Crippen LogP contribution in [0.1, 0.15) is 25.7 Å². The molecule has 2 N–H and O–H groups in total. The summed E-state index contributed by atoms with van der Waals surface area (Å²) in [5, 5.41) is 16.3. The molecule has 0 saturated heterocycles. The van der Waals surface area contributed by atoms with Gasteiger partial charge in [0.25, 0.3) is 0 Å². The van der Waals surface area contributed by atoms with E-state index in [1.165, 1.54) is 0 Å². The van der Waals surface area contributed by atoms with E-state index in [2.05, 4.69) is 10.4 Å². The van der Waals surface area contributed by atoms with Gasteiger partial charge in [0.15, 0.2) is 0 Å². The maximum absolute atomic E-state index is 11.6. The first-order valence-corrected chi connectivity index (χ1v) is 6.16. The quantitative estimate of drug-likeness (QED) is 0.786. The molecule has 1 aliphatic rings. The van der Waals surface area contributed by atoms with Gasteiger partial charge in [0.1, 0.15) is 0 Å². The average Bonchev–Trinajstić information content (AvgIpc) is 2.95. The number of nitrogens with zero attached hydrogens (tertiary/aromatic N) is 2. The second kappa shape index (κ2) is 5.82. The first-order valence-electron chi connectivity index (χ1n) is 6.16. The average molecular weight is 237 g/mol. The number of aromatic nitrogens is 2. The van der Waals surface area contributed by atoms with Gasteiger partial charge in [-0.15, -0.1) is 0 Å². The topological polar surface area (TPSA) is 67.2 Å². The van der Waals surface area contributed by atoms with E-state index in [9.17, 15) is 9.90 Å². The van der Waals surface area contributed by atoms with E-state index in [-0.39, 0.29) is 12.0 Å². The molecule has 1 amide bonds. The molecule has 17 heavy (non-hydrogen) atoms. The third-order valence-electron chi connectivity index (χ3n) is 3.23. The van der Waals surface area contributed by atoms with Gasteiger partial charge in [-0.1, -0.05) is 0 Å². The minimum absolute atomic E-state index is 0.0573. The van der Waals surface area contributed by atoms with Crippen molar-refractivity contribution in [1.82, 2.24) is 15.1 Å². The fourth-order valence-corrected chi connectivity index (χ4v) is 2.23. The van der Waals surface area contributed by atoms with Gasteiger partial charge < -0.3 is 10.4 Å². The van der Waals surface area contributed by atoms with Crippen LogP contribution in [0.3, 0.4) is 0 Å². The number of hydrogen-bond donors (Lipinski definition) is 2. The molecule has 2 rings (SSSR count). The Morgan fingerprint density at radius 1 is 1.53 bits per heavy atom. The molecule has 1 saturated carbocycles. The van der Waals surface area contributed by atoms with Crippen molar-refractivity contribution in [3.8, 4) is 0 Å². The Bertz CT molecular complexity index is 351. The molecule has 1 fully saturated rings. The van der Waals surface area contributed by atoms with Gasteiger partial charge in [-0.25, -0.2) is 0 Å². The summed E-state index contributed by atoms with van der Waals surface area (Å²) in [6.07, 6.45) is 6.55. The Morgan fingerprint density at radius 3 is 3.06 bits per heavy atom. The lowest BCUT2D eigenvalue weighted by atomic mass is 10.1. The predicted octanol–water partition coefficient (Wildman–Crippen LogP) is 0.550. The Morgan fingerprint density at radius 2 is 2.41 bits per heavy atom. The maximum atomic E-state index is 11.6. The van der Waals surface area contributed by atoms with Crippen LogP contribution in [-0.2, 0) is 11.3 Å². The van der Waals surface area contributed by atoms with E-state index in [0.29, 0.717) is 25.4 Å². The van der Waals surface area contributed by atoms with Crippen LogP contribution < -0.4 is 5.32 Å². The minimum Gasteiger partial charge on any atom is -0.393 e. The summed E-state index contributed by atoms with van der Waals surface area (Å²) in [7, 11) is 0. The van der Waals surface area contributed by atoms with E-state index in [0.717, 1.165) is 19.3 Å². The Kier molecular flexibility index (Phi) is 4.14. The summed E-state index contributed by atoms with van der Waals surface area (Å²) in [6, 6.07) is 1.85. The highest BCUT2D eigenvalue weighted by molar-refractivity contribution is 5.75. The molecule has 1 aromatic heterocycles. The monoisotopic (exact) mass is 237 g/mol. The molecular formula is C12H19N3O2. The first kappa shape index (κ1) is 12.1. The summed E-state index contributed by atoms with van der Waals surface area (Å²) < 4.78 is 1.75. The zero-order valence-corrected chi connectivity index (χ0v) is 9.88. The zero-order chi connectivity index (χ0) is 12.1. The number of hydrogen-bond acceptors (Lipinski definition) is 3. The molecule has 2 unspecified atom stereocenters. The SMILES string of the molecule is O=C(CCn1cccn1)NCC1CCC(O)C1. The van der Waals surface area contributed by atoms with Crippen molar-refractivity contribution in [3.05, 3.63) is 18.5 Å². The highest BCUT2D eigenvalue weighted by Gasteiger charge is 2.22. The molecule has 1 heterocycles. The largest absolute Gasteiger partial charge is 0.393 e. The van der Waals surface area contributed by atoms with Crippen molar-refractivity contribution < 1.29 is 9.90 Å². The standard InChI is InChI=1S/C12H19N3O2/c16-11-3-2-10(8-11)9-13-12(17)4-7-15-6-1-5-14-15/h1,5-6,10-11,16H,2-4,7-9H2,(H,13,17). The Balaban J connectivity index is 1.61. The summed E-state index contributed by atoms with van der Waals surface area (Å²) >= 11 is 0. The van der Waals surface area contributed by atoms with E-state index in [4.69, 9.17) is 0 Å². The third-order valence-corrected chi connectivity index (χ3v) is 3.23. The molecule has 0 aliphatic heterocycles. The Labute approximate surface area is 101 Å². The fraction of sp³-hybridized carbons (Fsp3) is 0.667. The van der Waals surface area contributed by atoms with Gasteiger partial charge >= 0.3 is 0 Å². The van der Waals surface area contributed by atoms with Crippen molar-refractivity contribution in [2.24, 2.45) is 5.92 Å². The van der Waals surface area contributed by atoms with Gasteiger partial charge in [-0.2, -0.15) is 5.10 Å². The van der Waals surface area contributed by atoms with Crippen molar-refractivity contribution in [2.75, 3.05) is 6.54 Å². The summed E-state index contributed by atoms with van der Waals surface area (Å²) in [4.78, 5) is 11.6. The number of nitrogens with one attached hydrogen (secondary N) is 1. The third kappa shape index (κ3) is 3.85. The number of rotatable bonds is 5. The molecule has 1 aliphatic carbocycles. The number of carbonyl (C=O) groups excluding carboxylic acids is 1. The predicted molar refractivity (Wildman–Crippen MR) is 63.2 cm³/mol. The van der Waals surface area contributed by atoms with Crippen LogP contribution in [0, 0.1) is 5.92 Å². The van der Waals surface area contributed by atoms with Crippen LogP contribution in [0.25, 0.3) is 0 Å². The van der Waals surface area contributed by atoms with Crippen LogP contribution >= 0.6 is 0 Å². The molecule has 2 atom stereocenters. The summed E-state index contributed by atoms with van der Waals surface area (Å²) in [6.45, 7) is 1.31. The van der Waals surface area contributed by atoms with Crippen molar-refractivity contribution in [1.29, 1.82) is 0 Å². The smallest absolute Gasteiger partial charge is 0.221 e. The lowest BCUT2D eigenvalue weighted by molar-refractivity contribution is -0.121. The minimum atomic E-state index is -0.166. The van der Waals surface area contributed by atoms with Crippen LogP contribution in [-0.4, -0.2) is 33.4 Å². The van der Waals surface area contributed by atoms with E-state index < -0.39 is 0 Å². The van der Waals surface area contributed by atoms with E-state index in [1.54, 1.807) is 10.9 Å². The number of aryl methyl sites for hydroxylation is 1. The normalized spacial score (nSPS) is 23.8. The second-order valence-corrected chi connectivity index (χ2v) is 4.66. The van der Waals surface area contributed by atoms with Crippen molar-refractivity contribution in [2.45, 2.75) is 38.3 Å². The van der Waals surface area contributed by atoms with Gasteiger partial charge in [-0.05, 0) is 31.2 Å². The maximum Gasteiger partial charge on any atom is 0.221 e. The first-order chi connectivity index (χ1) is 8.24. The number of carbonyl (C=O) groups is 1. The molecule has 0 spiro atoms. The molecular weight excluding hydrogens is 218 g/mol. The molecule has 0 aromatic carbocycles. The fourth-order valence-electron chi connectivity index (χ4n) is 2.23. The zero-order valence-electron chi connectivity index (χ0n) is 9.88. The highest BCUT2D eigenvalue weighted by Crippen LogP contribution is 2.24. The van der Waals surface area contributed by atoms with E-state index in [1.807, 2.05) is 12.3 Å². The van der Waals surface area contributed by atoms with Crippen molar-refractivity contribution in [3.63, 3.8) is 0 Å². The molecule has 0 bridgehead atoms. The van der Waals surface area contributed by atoms with Gasteiger partial charge in [0.2, 0.25) is 5.91 Å². The van der Waals surface area contributed by atoms with Crippen LogP contribution in [0.2, 0.25) is 0 Å². The Hall–Kier alpha value is -1.36. The van der Waals surface area contributed by atoms with Crippen LogP contribution in [0.5, 0.6) is 0 Å². The second-order valence-electron chi connectivity index (χ2n) is 4.66. The molecule has 0 radical (unpaired) electrons. The van der Waals surface area contributed by atoms with Gasteiger partial charge in [0.05, 0.1) is 6.10 Å². The number of aliphatic hydroxyl groups excluding tert-OH is 1. The van der Waals surface area contributed by atoms with Crippen LogP contribution in [0.15, 0.2) is 18.5 Å². The van der Waals surface area contributed by atoms with E-state index >= 15 is 0 Å². The lowest BCUT2D eigenvalue weighted by Crippen LogP contribution is -2.29. The number of amides is 1. The summed E-state index contributed by atoms with van der Waals surface area (Å²) in [5.41, 5.74) is 0. The lowest BCUT2D eigenvalue weighted by Gasteiger charge is -2.10. The van der Waals surface area contributed by atoms with Crippen molar-refractivity contribution >= 4 is 5.91 Å². The molecule has 5 nitrogen and oxygen atoms in total. The number of aliphatic hydroxyl groups is 1. The molecule has 94 valence electrons. The van der Waals surface area contributed by atoms with Gasteiger partial charge in [-0.3, -0.25) is 9.48 Å². The summed E-state index contributed by atoms with van der Waals surface area (Å²) in [5.74, 6) is 0.501. The van der Waals surface area contributed by atoms with Gasteiger partial charge in [0, 0.05) is 31.9 Å². The highest BCUT2D eigenvalue weighted by atomic mass is 16.3.